The van der Waals surface area contributed by atoms with Crippen molar-refractivity contribution < 1.29 is 9.59 Å². The smallest absolute Gasteiger partial charge is 0.258 e. The predicted molar refractivity (Wildman–Crippen MR) is 96.2 cm³/mol. The predicted octanol–water partition coefficient (Wildman–Crippen LogP) is 0.980. The topological polar surface area (TPSA) is 58.2 Å². The van der Waals surface area contributed by atoms with E-state index in [-0.39, 0.29) is 11.8 Å². The minimum Gasteiger partial charge on any atom is -0.321 e. The van der Waals surface area contributed by atoms with Crippen LogP contribution in [0, 0.1) is 0 Å². The van der Waals surface area contributed by atoms with Gasteiger partial charge in [-0.2, -0.15) is 0 Å². The third kappa shape index (κ3) is 2.25. The molecule has 2 aliphatic rings. The van der Waals surface area contributed by atoms with Crippen LogP contribution in [0.25, 0.3) is 11.4 Å². The summed E-state index contributed by atoms with van der Waals surface area (Å²) < 4.78 is 0. The van der Waals surface area contributed by atoms with Crippen molar-refractivity contribution in [1.82, 2.24) is 10.6 Å². The van der Waals surface area contributed by atoms with Crippen molar-refractivity contribution in [2.75, 3.05) is 0 Å². The Labute approximate surface area is 144 Å². The van der Waals surface area contributed by atoms with Gasteiger partial charge in [0, 0.05) is 5.02 Å². The lowest BCUT2D eigenvalue weighted by molar-refractivity contribution is -0.117. The number of carbonyl (C=O) groups excluding carboxylic acids is 2. The molecule has 0 radical (unpaired) electrons. The first-order chi connectivity index (χ1) is 11.5. The average Bonchev–Trinajstić information content (AvgIpc) is 3.08. The van der Waals surface area contributed by atoms with E-state index in [4.69, 9.17) is 11.6 Å². The van der Waals surface area contributed by atoms with Crippen LogP contribution in [-0.4, -0.2) is 19.7 Å². The van der Waals surface area contributed by atoms with E-state index in [2.05, 4.69) is 10.6 Å². The number of hydrogen-bond donors (Lipinski definition) is 2. The standard InChI is InChI=1S/C18H12BClN2O2/c19-11-5-1-9(2-6-11)15-13-14(18(24)21-15)16(22-17(13)23)10-3-7-12(20)8-4-10/h1-8H,19H2,(H,21,24)(H,22,23). The molecule has 6 heteroatoms. The van der Waals surface area contributed by atoms with Gasteiger partial charge >= 0.3 is 0 Å². The lowest BCUT2D eigenvalue weighted by atomic mass is 9.94. The van der Waals surface area contributed by atoms with Crippen LogP contribution >= 0.6 is 11.6 Å². The quantitative estimate of drug-likeness (QED) is 0.805. The second-order valence-corrected chi connectivity index (χ2v) is 6.22. The Morgan fingerprint density at radius 2 is 1.12 bits per heavy atom. The number of halogens is 1. The average molecular weight is 335 g/mol. The van der Waals surface area contributed by atoms with Gasteiger partial charge in [-0.25, -0.2) is 0 Å². The van der Waals surface area contributed by atoms with E-state index in [1.807, 2.05) is 32.1 Å². The number of nitrogens with one attached hydrogen (secondary N) is 2. The number of benzene rings is 2. The fraction of sp³-hybridized carbons (Fsp3) is 0. The van der Waals surface area contributed by atoms with Crippen molar-refractivity contribution in [3.8, 4) is 0 Å². The summed E-state index contributed by atoms with van der Waals surface area (Å²) >= 11 is 5.91. The van der Waals surface area contributed by atoms with Gasteiger partial charge in [0.15, 0.2) is 0 Å². The summed E-state index contributed by atoms with van der Waals surface area (Å²) in [6, 6.07) is 14.7. The Hall–Kier alpha value is -2.79. The van der Waals surface area contributed by atoms with Gasteiger partial charge in [-0.15, -0.1) is 0 Å². The number of amides is 2. The first-order valence-electron chi connectivity index (χ1n) is 7.49. The SMILES string of the molecule is Bc1ccc(C2=C3C(=O)NC(c4ccc(Cl)cc4)=C3C(=O)N2)cc1. The van der Waals surface area contributed by atoms with Gasteiger partial charge in [-0.1, -0.05) is 53.5 Å². The molecule has 0 aromatic heterocycles. The van der Waals surface area contributed by atoms with E-state index in [0.29, 0.717) is 27.6 Å². The van der Waals surface area contributed by atoms with Crippen LogP contribution in [0.1, 0.15) is 11.1 Å². The molecule has 0 fully saturated rings. The summed E-state index contributed by atoms with van der Waals surface area (Å²) in [5.41, 5.74) is 4.53. The lowest BCUT2D eigenvalue weighted by Gasteiger charge is -2.07. The summed E-state index contributed by atoms with van der Waals surface area (Å²) in [7, 11) is 1.99. The van der Waals surface area contributed by atoms with E-state index in [0.717, 1.165) is 16.6 Å². The second kappa shape index (κ2) is 5.39. The zero-order valence-electron chi connectivity index (χ0n) is 12.8. The van der Waals surface area contributed by atoms with Crippen LogP contribution in [0.2, 0.25) is 5.02 Å². The van der Waals surface area contributed by atoms with Crippen LogP contribution in [0.5, 0.6) is 0 Å². The van der Waals surface area contributed by atoms with Gasteiger partial charge in [-0.05, 0) is 23.3 Å². The maximum absolute atomic E-state index is 12.5. The van der Waals surface area contributed by atoms with E-state index in [1.54, 1.807) is 24.3 Å². The molecule has 116 valence electrons. The summed E-state index contributed by atoms with van der Waals surface area (Å²) in [6.45, 7) is 0. The number of rotatable bonds is 2. The van der Waals surface area contributed by atoms with Gasteiger partial charge in [0.05, 0.1) is 22.5 Å². The van der Waals surface area contributed by atoms with Crippen LogP contribution in [0.15, 0.2) is 59.7 Å². The highest BCUT2D eigenvalue weighted by Gasteiger charge is 2.40. The molecule has 2 N–H and O–H groups in total. The molecule has 0 spiro atoms. The van der Waals surface area contributed by atoms with Crippen molar-refractivity contribution in [2.24, 2.45) is 0 Å². The van der Waals surface area contributed by atoms with E-state index in [9.17, 15) is 9.59 Å². The highest BCUT2D eigenvalue weighted by Crippen LogP contribution is 2.37. The zero-order valence-corrected chi connectivity index (χ0v) is 13.6. The Balaban J connectivity index is 1.88. The molecule has 2 aromatic rings. The fourth-order valence-electron chi connectivity index (χ4n) is 2.95. The molecule has 4 rings (SSSR count). The molecule has 0 aliphatic carbocycles. The Morgan fingerprint density at radius 1 is 0.708 bits per heavy atom. The Bertz CT molecular complexity index is 864. The van der Waals surface area contributed by atoms with Gasteiger partial charge in [0.2, 0.25) is 0 Å². The molecule has 2 heterocycles. The summed E-state index contributed by atoms with van der Waals surface area (Å²) in [6.07, 6.45) is 0. The van der Waals surface area contributed by atoms with Crippen LogP contribution in [-0.2, 0) is 9.59 Å². The summed E-state index contributed by atoms with van der Waals surface area (Å²) in [5.74, 6) is -0.548. The van der Waals surface area contributed by atoms with Crippen molar-refractivity contribution in [3.63, 3.8) is 0 Å². The largest absolute Gasteiger partial charge is 0.321 e. The number of carbonyl (C=O) groups is 2. The van der Waals surface area contributed by atoms with E-state index in [1.165, 1.54) is 0 Å². The van der Waals surface area contributed by atoms with Crippen molar-refractivity contribution in [3.05, 3.63) is 75.8 Å². The minimum atomic E-state index is -0.274. The normalized spacial score (nSPS) is 16.4. The molecule has 0 saturated heterocycles. The van der Waals surface area contributed by atoms with Gasteiger partial charge in [-0.3, -0.25) is 9.59 Å². The van der Waals surface area contributed by atoms with Crippen LogP contribution in [0.4, 0.5) is 0 Å². The third-order valence-electron chi connectivity index (χ3n) is 4.15. The highest BCUT2D eigenvalue weighted by atomic mass is 35.5. The molecule has 2 aliphatic heterocycles. The van der Waals surface area contributed by atoms with Crippen LogP contribution < -0.4 is 16.1 Å². The first-order valence-corrected chi connectivity index (χ1v) is 7.87. The van der Waals surface area contributed by atoms with Gasteiger partial charge in [0.1, 0.15) is 7.85 Å². The molecule has 2 amide bonds. The molecule has 24 heavy (non-hydrogen) atoms. The molecular formula is C18H12BClN2O2. The molecule has 0 bridgehead atoms. The fourth-order valence-corrected chi connectivity index (χ4v) is 3.08. The van der Waals surface area contributed by atoms with Crippen molar-refractivity contribution in [1.29, 1.82) is 0 Å². The number of hydrogen-bond acceptors (Lipinski definition) is 2. The van der Waals surface area contributed by atoms with E-state index >= 15 is 0 Å². The molecule has 0 unspecified atom stereocenters. The molecular weight excluding hydrogens is 322 g/mol. The van der Waals surface area contributed by atoms with Gasteiger partial charge in [0.25, 0.3) is 11.8 Å². The lowest BCUT2D eigenvalue weighted by Crippen LogP contribution is -2.21. The number of fused-ring (bicyclic) bond motifs is 1. The third-order valence-corrected chi connectivity index (χ3v) is 4.41. The highest BCUT2D eigenvalue weighted by molar-refractivity contribution is 6.33. The Kier molecular flexibility index (Phi) is 3.32. The van der Waals surface area contributed by atoms with Crippen molar-refractivity contribution >= 4 is 48.1 Å². The summed E-state index contributed by atoms with van der Waals surface area (Å²) in [4.78, 5) is 24.9. The zero-order chi connectivity index (χ0) is 16.8. The van der Waals surface area contributed by atoms with Crippen LogP contribution in [0.3, 0.4) is 0 Å². The first kappa shape index (κ1) is 14.8. The summed E-state index contributed by atoms with van der Waals surface area (Å²) in [5, 5.41) is 6.24. The Morgan fingerprint density at radius 3 is 1.58 bits per heavy atom. The molecule has 0 atom stereocenters. The minimum absolute atomic E-state index is 0.274. The van der Waals surface area contributed by atoms with Gasteiger partial charge < -0.3 is 10.6 Å². The monoisotopic (exact) mass is 334 g/mol. The molecule has 4 nitrogen and oxygen atoms in total. The molecule has 2 aromatic carbocycles. The molecule has 0 saturated carbocycles. The maximum Gasteiger partial charge on any atom is 0.258 e. The van der Waals surface area contributed by atoms with Crippen molar-refractivity contribution in [2.45, 2.75) is 0 Å². The van der Waals surface area contributed by atoms with E-state index < -0.39 is 0 Å². The second-order valence-electron chi connectivity index (χ2n) is 5.78. The maximum atomic E-state index is 12.5.